The van der Waals surface area contributed by atoms with Gasteiger partial charge in [0.1, 0.15) is 17.5 Å². The van der Waals surface area contributed by atoms with Crippen LogP contribution in [-0.2, 0) is 48.8 Å². The molecule has 0 aliphatic heterocycles. The van der Waals surface area contributed by atoms with Gasteiger partial charge in [0.2, 0.25) is 0 Å². The molecule has 0 unspecified atom stereocenters. The standard InChI is InChI=1S/2C25H26N2O2S.C18H19BrN2O2S/c2*1-5-30(28,29)20-12-10-19(11-13-20)15-23-26-22-14-17(3)24(18(4)25(22)27-23)21-9-7-6-8-16(21)2;1-4-24(22,23)14-7-5-13(6-8-14)10-16-20-15-9-11(2)17(19)12(3)18(15)21-16/h2*6-14H,5,15H2,1-4H3,(H,26,27);5-9H,4,10H2,1-3H3,(H,20,21). The number of H-pyrrole nitrogens is 3. The Kier molecular flexibility index (Phi) is 18.2. The van der Waals surface area contributed by atoms with Gasteiger partial charge in [0.15, 0.2) is 29.5 Å². The molecule has 0 saturated carbocycles. The minimum Gasteiger partial charge on any atom is -0.342 e. The molecule has 16 heteroatoms. The molecule has 3 heterocycles. The van der Waals surface area contributed by atoms with E-state index in [1.54, 1.807) is 57.2 Å². The van der Waals surface area contributed by atoms with Gasteiger partial charge in [0.25, 0.3) is 0 Å². The molecule has 84 heavy (non-hydrogen) atoms. The molecule has 3 N–H and O–H groups in total. The van der Waals surface area contributed by atoms with Gasteiger partial charge in [-0.3, -0.25) is 0 Å². The topological polar surface area (TPSA) is 188 Å². The molecule has 0 fully saturated rings. The van der Waals surface area contributed by atoms with Gasteiger partial charge in [-0.1, -0.05) is 122 Å². The number of aryl methyl sites for hydroxylation is 8. The number of aromatic nitrogens is 6. The predicted molar refractivity (Wildman–Crippen MR) is 346 cm³/mol. The lowest BCUT2D eigenvalue weighted by Crippen LogP contribution is -2.03. The van der Waals surface area contributed by atoms with Crippen molar-refractivity contribution >= 4 is 78.5 Å². The summed E-state index contributed by atoms with van der Waals surface area (Å²) in [7, 11) is -9.51. The van der Waals surface area contributed by atoms with Gasteiger partial charge in [-0.15, -0.1) is 0 Å². The maximum Gasteiger partial charge on any atom is 0.178 e. The van der Waals surface area contributed by atoms with Crippen LogP contribution in [0.3, 0.4) is 0 Å². The number of rotatable bonds is 14. The van der Waals surface area contributed by atoms with E-state index in [1.807, 2.05) is 36.4 Å². The van der Waals surface area contributed by atoms with E-state index >= 15 is 0 Å². The van der Waals surface area contributed by atoms with E-state index < -0.39 is 29.5 Å². The number of hydrogen-bond donors (Lipinski definition) is 3. The number of hydrogen-bond acceptors (Lipinski definition) is 9. The zero-order valence-corrected chi connectivity index (χ0v) is 53.5. The van der Waals surface area contributed by atoms with E-state index in [-0.39, 0.29) is 17.3 Å². The molecule has 11 aromatic rings. The Labute approximate surface area is 502 Å². The highest BCUT2D eigenvalue weighted by Gasteiger charge is 2.19. The van der Waals surface area contributed by atoms with Crippen molar-refractivity contribution in [3.8, 4) is 22.3 Å². The Morgan fingerprint density at radius 2 is 0.655 bits per heavy atom. The lowest BCUT2D eigenvalue weighted by Gasteiger charge is -2.13. The molecule has 0 radical (unpaired) electrons. The predicted octanol–water partition coefficient (Wildman–Crippen LogP) is 15.4. The number of benzene rings is 8. The number of aromatic amines is 3. The monoisotopic (exact) mass is 1240 g/mol. The fourth-order valence-electron chi connectivity index (χ4n) is 10.9. The van der Waals surface area contributed by atoms with Gasteiger partial charge < -0.3 is 15.0 Å². The zero-order valence-electron chi connectivity index (χ0n) is 49.4. The third-order valence-electron chi connectivity index (χ3n) is 15.6. The first-order valence-corrected chi connectivity index (χ1v) is 33.9. The number of sulfone groups is 3. The summed E-state index contributed by atoms with van der Waals surface area (Å²) in [6.45, 7) is 21.9. The molecule has 0 atom stereocenters. The van der Waals surface area contributed by atoms with Crippen LogP contribution in [0.25, 0.3) is 55.4 Å². The van der Waals surface area contributed by atoms with Crippen molar-refractivity contribution in [2.24, 2.45) is 0 Å². The van der Waals surface area contributed by atoms with Gasteiger partial charge >= 0.3 is 0 Å². The van der Waals surface area contributed by atoms with Gasteiger partial charge in [-0.05, 0) is 193 Å². The summed E-state index contributed by atoms with van der Waals surface area (Å²) in [5.41, 5.74) is 23.6. The number of halogens is 1. The molecule has 12 nitrogen and oxygen atoms in total. The van der Waals surface area contributed by atoms with Crippen molar-refractivity contribution in [3.63, 3.8) is 0 Å². The van der Waals surface area contributed by atoms with Crippen molar-refractivity contribution < 1.29 is 25.3 Å². The van der Waals surface area contributed by atoms with E-state index in [9.17, 15) is 25.3 Å². The summed E-state index contributed by atoms with van der Waals surface area (Å²) in [5.74, 6) is 2.96. The third kappa shape index (κ3) is 13.1. The van der Waals surface area contributed by atoms with Crippen molar-refractivity contribution in [2.75, 3.05) is 17.3 Å². The second-order valence-corrected chi connectivity index (χ2v) is 29.2. The molecule has 0 saturated heterocycles. The van der Waals surface area contributed by atoms with Crippen LogP contribution in [0.1, 0.15) is 99.4 Å². The molecular weight excluding hydrogens is 1170 g/mol. The van der Waals surface area contributed by atoms with Crippen LogP contribution in [0.2, 0.25) is 0 Å². The van der Waals surface area contributed by atoms with Crippen LogP contribution in [0.5, 0.6) is 0 Å². The number of imidazole rings is 3. The van der Waals surface area contributed by atoms with Gasteiger partial charge in [0, 0.05) is 23.7 Å². The first-order chi connectivity index (χ1) is 39.9. The highest BCUT2D eigenvalue weighted by molar-refractivity contribution is 9.10. The molecule has 0 amide bonds. The lowest BCUT2D eigenvalue weighted by molar-refractivity contribution is 0.595. The lowest BCUT2D eigenvalue weighted by atomic mass is 9.92. The summed E-state index contributed by atoms with van der Waals surface area (Å²) in [4.78, 5) is 25.8. The molecule has 0 spiro atoms. The van der Waals surface area contributed by atoms with Crippen LogP contribution in [0, 0.1) is 55.4 Å². The summed E-state index contributed by atoms with van der Waals surface area (Å²) >= 11 is 3.60. The van der Waals surface area contributed by atoms with E-state index in [1.165, 1.54) is 61.2 Å². The Morgan fingerprint density at radius 3 is 0.952 bits per heavy atom. The maximum atomic E-state index is 12.0. The van der Waals surface area contributed by atoms with Crippen LogP contribution in [-0.4, -0.2) is 72.4 Å². The first-order valence-electron chi connectivity index (χ1n) is 28.1. The quantitative estimate of drug-likeness (QED) is 0.0952. The minimum atomic E-state index is -3.18. The van der Waals surface area contributed by atoms with Crippen LogP contribution < -0.4 is 0 Å². The average Bonchev–Trinajstić information content (AvgIpc) is 3.44. The Balaban J connectivity index is 0.000000152. The van der Waals surface area contributed by atoms with E-state index in [0.717, 1.165) is 77.3 Å². The molecule has 11 rings (SSSR count). The molecule has 434 valence electrons. The summed E-state index contributed by atoms with van der Waals surface area (Å²) < 4.78 is 72.9. The largest absolute Gasteiger partial charge is 0.342 e. The van der Waals surface area contributed by atoms with Crippen molar-refractivity contribution in [3.05, 3.63) is 223 Å². The van der Waals surface area contributed by atoms with E-state index in [2.05, 4.69) is 153 Å². The molecule has 8 aromatic carbocycles. The smallest absolute Gasteiger partial charge is 0.178 e. The van der Waals surface area contributed by atoms with E-state index in [4.69, 9.17) is 15.0 Å². The second kappa shape index (κ2) is 25.0. The Bertz CT molecular complexity index is 4390. The number of nitrogens with zero attached hydrogens (tertiary/aromatic N) is 3. The maximum absolute atomic E-state index is 12.0. The fourth-order valence-corrected chi connectivity index (χ4v) is 13.8. The molecular formula is C68H71BrN6O6S3. The van der Waals surface area contributed by atoms with Gasteiger partial charge in [-0.25, -0.2) is 40.2 Å². The molecule has 0 aliphatic carbocycles. The SMILES string of the molecule is CCS(=O)(=O)c1ccc(Cc2nc3c(C)c(-c4ccccc4C)c(C)cc3[nH]2)cc1.CCS(=O)(=O)c1ccc(Cc2nc3c(C)c(-c4ccccc4C)c(C)cc3[nH]2)cc1.CCS(=O)(=O)c1ccc(Cc2nc3c(C)c(Br)c(C)cc3[nH]2)cc1. The molecule has 0 bridgehead atoms. The van der Waals surface area contributed by atoms with Crippen LogP contribution >= 0.6 is 15.9 Å². The first kappa shape index (κ1) is 61.1. The van der Waals surface area contributed by atoms with Crippen molar-refractivity contribution in [1.82, 2.24) is 29.9 Å². The summed E-state index contributed by atoms with van der Waals surface area (Å²) in [6.07, 6.45) is 1.88. The fraction of sp³-hybridized carbons (Fsp3) is 0.250. The normalized spacial score (nSPS) is 11.9. The van der Waals surface area contributed by atoms with Crippen LogP contribution in [0.15, 0.2) is 159 Å². The van der Waals surface area contributed by atoms with Gasteiger partial charge in [-0.2, -0.15) is 0 Å². The number of fused-ring (bicyclic) bond motifs is 3. The molecule has 0 aliphatic rings. The van der Waals surface area contributed by atoms with Crippen LogP contribution in [0.4, 0.5) is 0 Å². The van der Waals surface area contributed by atoms with Gasteiger partial charge in [0.05, 0.1) is 65.0 Å². The third-order valence-corrected chi connectivity index (χ3v) is 22.1. The Hall–Kier alpha value is -7.50. The summed E-state index contributed by atoms with van der Waals surface area (Å²) in [6, 6.07) is 44.5. The highest BCUT2D eigenvalue weighted by atomic mass is 79.9. The van der Waals surface area contributed by atoms with E-state index in [0.29, 0.717) is 33.9 Å². The van der Waals surface area contributed by atoms with Crippen molar-refractivity contribution in [2.45, 2.75) is 110 Å². The highest BCUT2D eigenvalue weighted by Crippen LogP contribution is 2.36. The van der Waals surface area contributed by atoms with Crippen molar-refractivity contribution in [1.29, 1.82) is 0 Å². The Morgan fingerprint density at radius 1 is 0.369 bits per heavy atom. The number of nitrogens with one attached hydrogen (secondary N) is 3. The molecule has 3 aromatic heterocycles. The minimum absolute atomic E-state index is 0.109. The average molecular weight is 1240 g/mol. The second-order valence-electron chi connectivity index (χ2n) is 21.6. The summed E-state index contributed by atoms with van der Waals surface area (Å²) in [5, 5.41) is 0. The zero-order chi connectivity index (χ0) is 60.4.